The predicted octanol–water partition coefficient (Wildman–Crippen LogP) is 3.75. The summed E-state index contributed by atoms with van der Waals surface area (Å²) >= 11 is 0. The van der Waals surface area contributed by atoms with E-state index in [9.17, 15) is 4.79 Å². The third kappa shape index (κ3) is 4.26. The molecule has 0 radical (unpaired) electrons. The molecule has 1 unspecified atom stereocenters. The summed E-state index contributed by atoms with van der Waals surface area (Å²) in [7, 11) is 0. The van der Waals surface area contributed by atoms with Gasteiger partial charge in [-0.3, -0.25) is 9.78 Å². The molecule has 2 N–H and O–H groups in total. The van der Waals surface area contributed by atoms with Gasteiger partial charge in [-0.05, 0) is 55.4 Å². The van der Waals surface area contributed by atoms with E-state index in [-0.39, 0.29) is 11.8 Å². The number of nitrogens with zero attached hydrogens (tertiary/aromatic N) is 4. The van der Waals surface area contributed by atoms with Gasteiger partial charge in [0.15, 0.2) is 0 Å². The van der Waals surface area contributed by atoms with Crippen molar-refractivity contribution in [3.63, 3.8) is 0 Å². The number of aromatic nitrogens is 3. The average molecular weight is 392 g/mol. The number of fused-ring (bicyclic) bond motifs is 1. The molecule has 3 heterocycles. The number of nitrogens with two attached hydrogens (primary N) is 1. The Bertz CT molecular complexity index is 986. The van der Waals surface area contributed by atoms with Crippen LogP contribution in [0.1, 0.15) is 43.5 Å². The Morgan fingerprint density at radius 1 is 1.21 bits per heavy atom. The van der Waals surface area contributed by atoms with Gasteiger partial charge in [0.2, 0.25) is 5.91 Å². The standard InChI is InChI=1S/C23H29N5O/c1-16(19-3-5-20(24)6-4-19)13-23(29)27-11-8-18(9-12-27)15-28-17(2)26-21-14-25-10-7-22(21)28/h3-7,10,14,16,18H,8-9,11-13,15,24H2,1-2H3. The van der Waals surface area contributed by atoms with Crippen LogP contribution < -0.4 is 5.73 Å². The van der Waals surface area contributed by atoms with Gasteiger partial charge in [-0.15, -0.1) is 0 Å². The Morgan fingerprint density at radius 3 is 2.66 bits per heavy atom. The highest BCUT2D eigenvalue weighted by Crippen LogP contribution is 2.26. The number of rotatable bonds is 5. The van der Waals surface area contributed by atoms with E-state index in [1.807, 2.05) is 47.6 Å². The fourth-order valence-corrected chi connectivity index (χ4v) is 4.29. The minimum absolute atomic E-state index is 0.203. The van der Waals surface area contributed by atoms with Crippen molar-refractivity contribution in [3.8, 4) is 0 Å². The number of nitrogen functional groups attached to an aromatic ring is 1. The van der Waals surface area contributed by atoms with E-state index in [1.54, 1.807) is 0 Å². The number of likely N-dealkylation sites (tertiary alicyclic amines) is 1. The molecule has 3 aromatic rings. The summed E-state index contributed by atoms with van der Waals surface area (Å²) < 4.78 is 2.29. The van der Waals surface area contributed by atoms with Gasteiger partial charge >= 0.3 is 0 Å². The molecule has 6 heteroatoms. The highest BCUT2D eigenvalue weighted by molar-refractivity contribution is 5.77. The van der Waals surface area contributed by atoms with Crippen molar-refractivity contribution in [2.45, 2.75) is 45.6 Å². The molecule has 152 valence electrons. The number of pyridine rings is 1. The molecule has 0 bridgehead atoms. The Kier molecular flexibility index (Phi) is 5.51. The molecule has 4 rings (SSSR count). The van der Waals surface area contributed by atoms with Crippen LogP contribution >= 0.6 is 0 Å². The molecular weight excluding hydrogens is 362 g/mol. The van der Waals surface area contributed by atoms with Crippen LogP contribution in [0.5, 0.6) is 0 Å². The molecule has 1 aromatic carbocycles. The number of hydrogen-bond donors (Lipinski definition) is 1. The molecule has 0 spiro atoms. The van der Waals surface area contributed by atoms with E-state index in [0.29, 0.717) is 12.3 Å². The lowest BCUT2D eigenvalue weighted by molar-refractivity contribution is -0.133. The van der Waals surface area contributed by atoms with Crippen molar-refractivity contribution in [2.24, 2.45) is 5.92 Å². The maximum Gasteiger partial charge on any atom is 0.223 e. The second-order valence-electron chi connectivity index (χ2n) is 8.23. The molecular formula is C23H29N5O. The van der Waals surface area contributed by atoms with Crippen molar-refractivity contribution in [1.29, 1.82) is 0 Å². The van der Waals surface area contributed by atoms with Crippen LogP contribution in [0.3, 0.4) is 0 Å². The van der Waals surface area contributed by atoms with Gasteiger partial charge in [-0.1, -0.05) is 19.1 Å². The van der Waals surface area contributed by atoms with Crippen LogP contribution in [0.25, 0.3) is 11.0 Å². The highest BCUT2D eigenvalue weighted by Gasteiger charge is 2.25. The number of aryl methyl sites for hydroxylation is 1. The second kappa shape index (κ2) is 8.23. The molecule has 1 aliphatic heterocycles. The zero-order valence-corrected chi connectivity index (χ0v) is 17.2. The average Bonchev–Trinajstić information content (AvgIpc) is 3.04. The highest BCUT2D eigenvalue weighted by atomic mass is 16.2. The number of piperidine rings is 1. The minimum atomic E-state index is 0.203. The molecule has 2 aromatic heterocycles. The first-order valence-electron chi connectivity index (χ1n) is 10.4. The molecule has 6 nitrogen and oxygen atoms in total. The lowest BCUT2D eigenvalue weighted by Gasteiger charge is -2.33. The third-order valence-electron chi connectivity index (χ3n) is 6.14. The Morgan fingerprint density at radius 2 is 1.93 bits per heavy atom. The van der Waals surface area contributed by atoms with Gasteiger partial charge in [0, 0.05) is 37.9 Å². The normalized spacial score (nSPS) is 16.3. The monoisotopic (exact) mass is 391 g/mol. The number of carbonyl (C=O) groups excluding carboxylic acids is 1. The van der Waals surface area contributed by atoms with Gasteiger partial charge in [0.25, 0.3) is 0 Å². The number of imidazole rings is 1. The van der Waals surface area contributed by atoms with E-state index >= 15 is 0 Å². The van der Waals surface area contributed by atoms with Crippen molar-refractivity contribution in [2.75, 3.05) is 18.8 Å². The van der Waals surface area contributed by atoms with Crippen molar-refractivity contribution in [1.82, 2.24) is 19.4 Å². The molecule has 29 heavy (non-hydrogen) atoms. The van der Waals surface area contributed by atoms with E-state index < -0.39 is 0 Å². The maximum atomic E-state index is 12.8. The maximum absolute atomic E-state index is 12.8. The lowest BCUT2D eigenvalue weighted by atomic mass is 9.94. The van der Waals surface area contributed by atoms with Crippen molar-refractivity contribution < 1.29 is 4.79 Å². The molecule has 0 aliphatic carbocycles. The van der Waals surface area contributed by atoms with Gasteiger partial charge in [-0.25, -0.2) is 4.98 Å². The summed E-state index contributed by atoms with van der Waals surface area (Å²) in [6, 6.07) is 9.88. The van der Waals surface area contributed by atoms with Crippen molar-refractivity contribution >= 4 is 22.6 Å². The van der Waals surface area contributed by atoms with Crippen molar-refractivity contribution in [3.05, 3.63) is 54.1 Å². The van der Waals surface area contributed by atoms with Gasteiger partial charge < -0.3 is 15.2 Å². The second-order valence-corrected chi connectivity index (χ2v) is 8.23. The lowest BCUT2D eigenvalue weighted by Crippen LogP contribution is -2.39. The first-order valence-corrected chi connectivity index (χ1v) is 10.4. The molecule has 1 atom stereocenters. The predicted molar refractivity (Wildman–Crippen MR) is 115 cm³/mol. The quantitative estimate of drug-likeness (QED) is 0.672. The molecule has 1 aliphatic rings. The molecule has 1 fully saturated rings. The third-order valence-corrected chi connectivity index (χ3v) is 6.14. The van der Waals surface area contributed by atoms with Crippen LogP contribution in [0.2, 0.25) is 0 Å². The first-order chi connectivity index (χ1) is 14.0. The molecule has 0 saturated carbocycles. The minimum Gasteiger partial charge on any atom is -0.399 e. The Labute approximate surface area is 171 Å². The van der Waals surface area contributed by atoms with Gasteiger partial charge in [-0.2, -0.15) is 0 Å². The van der Waals surface area contributed by atoms with Crippen LogP contribution in [-0.4, -0.2) is 38.4 Å². The summed E-state index contributed by atoms with van der Waals surface area (Å²) in [6.07, 6.45) is 6.26. The fraction of sp³-hybridized carbons (Fsp3) is 0.435. The Balaban J connectivity index is 1.32. The largest absolute Gasteiger partial charge is 0.399 e. The van der Waals surface area contributed by atoms with E-state index in [2.05, 4.69) is 28.4 Å². The SMILES string of the molecule is Cc1nc2cnccc2n1CC1CCN(C(=O)CC(C)c2ccc(N)cc2)CC1. The van der Waals surface area contributed by atoms with E-state index in [0.717, 1.165) is 55.0 Å². The number of amides is 1. The van der Waals surface area contributed by atoms with Crippen LogP contribution in [0.15, 0.2) is 42.7 Å². The summed E-state index contributed by atoms with van der Waals surface area (Å²) in [6.45, 7) is 6.79. The van der Waals surface area contributed by atoms with Gasteiger partial charge in [0.1, 0.15) is 11.3 Å². The van der Waals surface area contributed by atoms with E-state index in [4.69, 9.17) is 5.73 Å². The summed E-state index contributed by atoms with van der Waals surface area (Å²) in [5.41, 5.74) is 9.78. The van der Waals surface area contributed by atoms with Gasteiger partial charge in [0.05, 0.1) is 11.7 Å². The fourth-order valence-electron chi connectivity index (χ4n) is 4.29. The summed E-state index contributed by atoms with van der Waals surface area (Å²) in [5.74, 6) is 2.05. The number of anilines is 1. The van der Waals surface area contributed by atoms with Crippen LogP contribution in [-0.2, 0) is 11.3 Å². The number of benzene rings is 1. The summed E-state index contributed by atoms with van der Waals surface area (Å²) in [5, 5.41) is 0. The topological polar surface area (TPSA) is 77.0 Å². The zero-order chi connectivity index (χ0) is 20.4. The number of carbonyl (C=O) groups is 1. The summed E-state index contributed by atoms with van der Waals surface area (Å²) in [4.78, 5) is 23.6. The molecule has 1 amide bonds. The number of hydrogen-bond acceptors (Lipinski definition) is 4. The smallest absolute Gasteiger partial charge is 0.223 e. The first kappa shape index (κ1) is 19.4. The van der Waals surface area contributed by atoms with Crippen LogP contribution in [0, 0.1) is 12.8 Å². The van der Waals surface area contributed by atoms with Crippen LogP contribution in [0.4, 0.5) is 5.69 Å². The van der Waals surface area contributed by atoms with E-state index in [1.165, 1.54) is 5.56 Å². The zero-order valence-electron chi connectivity index (χ0n) is 17.2. The molecule has 1 saturated heterocycles. The Hall–Kier alpha value is -2.89.